The summed E-state index contributed by atoms with van der Waals surface area (Å²) < 4.78 is 4.16. The van der Waals surface area contributed by atoms with Gasteiger partial charge >= 0.3 is 169 Å². The number of rotatable bonds is 2. The van der Waals surface area contributed by atoms with E-state index in [1.54, 1.807) is 17.6 Å². The first kappa shape index (κ1) is 25.8. The van der Waals surface area contributed by atoms with Crippen LogP contribution in [0.2, 0.25) is 0 Å². The molecular weight excluding hydrogens is 462 g/mol. The first-order chi connectivity index (χ1) is 12.0. The maximum Gasteiger partial charge on any atom is -1.00 e. The topological polar surface area (TPSA) is 0 Å². The molecule has 0 aromatic heterocycles. The Morgan fingerprint density at radius 2 is 1.54 bits per heavy atom. The minimum atomic E-state index is -1.93. The molecule has 0 N–H and O–H groups in total. The molecule has 1 atom stereocenters. The fourth-order valence-electron chi connectivity index (χ4n) is 4.32. The zero-order valence-electron chi connectivity index (χ0n) is 18.6. The zero-order chi connectivity index (χ0) is 19.3. The van der Waals surface area contributed by atoms with Gasteiger partial charge in [0, 0.05) is 0 Å². The quantitative estimate of drug-likeness (QED) is 0.579. The molecule has 0 nitrogen and oxygen atoms in total. The third-order valence-electron chi connectivity index (χ3n) is 5.66. The van der Waals surface area contributed by atoms with Crippen molar-refractivity contribution in [2.24, 2.45) is 10.8 Å². The van der Waals surface area contributed by atoms with Crippen molar-refractivity contribution in [2.45, 2.75) is 65.4 Å². The minimum absolute atomic E-state index is 0. The van der Waals surface area contributed by atoms with Crippen LogP contribution in [0.15, 0.2) is 51.3 Å². The molecule has 28 heavy (non-hydrogen) atoms. The molecule has 3 rings (SSSR count). The van der Waals surface area contributed by atoms with Crippen molar-refractivity contribution in [3.8, 4) is 0 Å². The van der Waals surface area contributed by atoms with Crippen molar-refractivity contribution >= 4 is 8.78 Å². The third kappa shape index (κ3) is 5.08. The fraction of sp³-hybridized carbons (Fsp3) is 0.480. The molecule has 1 unspecified atom stereocenters. The Balaban J connectivity index is 0.00000196. The number of allylic oxidation sites excluding steroid dienone is 6. The van der Waals surface area contributed by atoms with Crippen molar-refractivity contribution in [3.05, 3.63) is 62.5 Å². The van der Waals surface area contributed by atoms with E-state index in [9.17, 15) is 0 Å². The van der Waals surface area contributed by atoms with Gasteiger partial charge in [0.15, 0.2) is 0 Å². The molecule has 0 saturated carbocycles. The van der Waals surface area contributed by atoms with Crippen LogP contribution < -0.4 is 24.8 Å². The van der Waals surface area contributed by atoms with E-state index in [2.05, 4.69) is 97.9 Å². The van der Waals surface area contributed by atoms with Crippen LogP contribution in [0, 0.1) is 10.8 Å². The predicted octanol–water partition coefficient (Wildman–Crippen LogP) is 1.27. The van der Waals surface area contributed by atoms with E-state index in [-0.39, 0.29) is 35.6 Å². The van der Waals surface area contributed by atoms with Crippen molar-refractivity contribution in [1.29, 1.82) is 0 Å². The molecule has 3 heteroatoms. The van der Waals surface area contributed by atoms with Crippen LogP contribution in [-0.2, 0) is 21.3 Å². The first-order valence-corrected chi connectivity index (χ1v) is 13.8. The molecule has 0 bridgehead atoms. The Labute approximate surface area is 192 Å². The van der Waals surface area contributed by atoms with Gasteiger partial charge in [-0.05, 0) is 0 Å². The van der Waals surface area contributed by atoms with Crippen molar-refractivity contribution in [1.82, 2.24) is 0 Å². The predicted molar refractivity (Wildman–Crippen MR) is 113 cm³/mol. The molecule has 0 aliphatic heterocycles. The molecule has 0 saturated heterocycles. The van der Waals surface area contributed by atoms with Gasteiger partial charge in [0.1, 0.15) is 0 Å². The van der Waals surface area contributed by atoms with Crippen LogP contribution in [-0.4, -0.2) is 3.21 Å². The van der Waals surface area contributed by atoms with E-state index in [1.165, 1.54) is 17.6 Å². The second kappa shape index (κ2) is 9.28. The number of benzene rings is 1. The van der Waals surface area contributed by atoms with Crippen molar-refractivity contribution < 1.29 is 46.1 Å². The van der Waals surface area contributed by atoms with Crippen LogP contribution in [0.4, 0.5) is 0 Å². The molecule has 1 aromatic carbocycles. The van der Waals surface area contributed by atoms with Crippen LogP contribution in [0.1, 0.15) is 76.6 Å². The maximum atomic E-state index is 2.66. The van der Waals surface area contributed by atoms with Gasteiger partial charge in [-0.15, -0.1) is 0 Å². The molecule has 2 aliphatic rings. The van der Waals surface area contributed by atoms with E-state index in [0.717, 1.165) is 0 Å². The Bertz CT molecular complexity index is 851. The summed E-state index contributed by atoms with van der Waals surface area (Å²) in [6, 6.07) is 9.19. The van der Waals surface area contributed by atoms with E-state index in [0.29, 0.717) is 3.63 Å². The van der Waals surface area contributed by atoms with Crippen LogP contribution in [0.3, 0.4) is 0 Å². The Hall–Kier alpha value is -0.227. The van der Waals surface area contributed by atoms with E-state index < -0.39 is 21.3 Å². The summed E-state index contributed by atoms with van der Waals surface area (Å²) in [6.45, 7) is 18.9. The van der Waals surface area contributed by atoms with Crippen molar-refractivity contribution in [2.75, 3.05) is 0 Å². The Morgan fingerprint density at radius 3 is 2.04 bits per heavy atom. The van der Waals surface area contributed by atoms with E-state index in [4.69, 9.17) is 0 Å². The van der Waals surface area contributed by atoms with E-state index >= 15 is 0 Å². The standard InChI is InChI=1S/C13H15.C9H13.C3H6.2ClH.Zr/c1-13(2,3)12-9-8-10-6-4-5-7-11(10)12;1-9(2,3)8-6-4-5-7-8;1-3-2;;;/h4-9H,1-3H3;6-7H,4H2,1-3H3;1-2H3;2*1H;/q;;;;;+2/p-2. The van der Waals surface area contributed by atoms with Crippen LogP contribution in [0.5, 0.6) is 0 Å². The zero-order valence-corrected chi connectivity index (χ0v) is 22.6. The summed E-state index contributed by atoms with van der Waals surface area (Å²) in [5.74, 6) is 0. The molecule has 0 spiro atoms. The average Bonchev–Trinajstić information content (AvgIpc) is 3.12. The SMILES string of the molecule is C[C](C)=[Zr+2]([C]1=CC(C(C)(C)C)=CC1)[CH]1C=C(C(C)(C)C)c2ccccc21.[Cl-].[Cl-]. The number of halogens is 2. The van der Waals surface area contributed by atoms with Crippen molar-refractivity contribution in [3.63, 3.8) is 0 Å². The number of hydrogen-bond donors (Lipinski definition) is 0. The van der Waals surface area contributed by atoms with Gasteiger partial charge in [-0.25, -0.2) is 0 Å². The normalized spacial score (nSPS) is 18.0. The van der Waals surface area contributed by atoms with Gasteiger partial charge in [-0.1, -0.05) is 0 Å². The van der Waals surface area contributed by atoms with Gasteiger partial charge in [-0.2, -0.15) is 0 Å². The molecule has 0 radical (unpaired) electrons. The summed E-state index contributed by atoms with van der Waals surface area (Å²) in [5, 5.41) is 0. The number of fused-ring (bicyclic) bond motifs is 1. The summed E-state index contributed by atoms with van der Waals surface area (Å²) in [5.41, 5.74) is 6.67. The summed E-state index contributed by atoms with van der Waals surface area (Å²) in [4.78, 5) is 0. The largest absolute Gasteiger partial charge is 1.00 e. The molecule has 2 aliphatic carbocycles. The van der Waals surface area contributed by atoms with Gasteiger partial charge in [0.25, 0.3) is 0 Å². The smallest absolute Gasteiger partial charge is 1.00 e. The average molecular weight is 497 g/mol. The molecular formula is C25H34Cl2Zr. The number of hydrogen-bond acceptors (Lipinski definition) is 0. The fourth-order valence-corrected chi connectivity index (χ4v) is 12.2. The molecule has 0 amide bonds. The van der Waals surface area contributed by atoms with E-state index in [1.807, 2.05) is 0 Å². The Kier molecular flexibility index (Phi) is 8.56. The second-order valence-electron chi connectivity index (χ2n) is 10.1. The van der Waals surface area contributed by atoms with Crippen LogP contribution in [0.25, 0.3) is 5.57 Å². The monoisotopic (exact) mass is 494 g/mol. The van der Waals surface area contributed by atoms with Gasteiger partial charge in [0.2, 0.25) is 0 Å². The molecule has 0 heterocycles. The summed E-state index contributed by atoms with van der Waals surface area (Å²) >= 11 is -1.93. The summed E-state index contributed by atoms with van der Waals surface area (Å²) in [6.07, 6.45) is 8.91. The minimum Gasteiger partial charge on any atom is -1.00 e. The molecule has 0 fully saturated rings. The van der Waals surface area contributed by atoms with Crippen LogP contribution >= 0.6 is 0 Å². The Morgan fingerprint density at radius 1 is 0.929 bits per heavy atom. The van der Waals surface area contributed by atoms with Gasteiger partial charge in [-0.3, -0.25) is 0 Å². The molecule has 152 valence electrons. The second-order valence-corrected chi connectivity index (χ2v) is 17.7. The first-order valence-electron chi connectivity index (χ1n) is 9.90. The van der Waals surface area contributed by atoms with Gasteiger partial charge in [0.05, 0.1) is 0 Å². The molecule has 1 aromatic rings. The summed E-state index contributed by atoms with van der Waals surface area (Å²) in [7, 11) is 0. The van der Waals surface area contributed by atoms with Gasteiger partial charge < -0.3 is 24.8 Å². The maximum absolute atomic E-state index is 2.66. The third-order valence-corrected chi connectivity index (χ3v) is 13.6.